The minimum absolute atomic E-state index is 0.0816. The lowest BCUT2D eigenvalue weighted by Crippen LogP contribution is -2.41. The summed E-state index contributed by atoms with van der Waals surface area (Å²) in [6.07, 6.45) is 0.0816. The molecule has 2 rings (SSSR count). The third-order valence-corrected chi connectivity index (χ3v) is 4.50. The van der Waals surface area contributed by atoms with Crippen LogP contribution in [0.4, 0.5) is 0 Å². The largest absolute Gasteiger partial charge is 0.480 e. The SMILES string of the molecule is CC(C(=O)O)N(C)C(=O)Cc1csc(-c2ccc(Cl)cc2)n1. The van der Waals surface area contributed by atoms with Gasteiger partial charge in [0, 0.05) is 23.0 Å². The molecule has 116 valence electrons. The summed E-state index contributed by atoms with van der Waals surface area (Å²) in [6, 6.07) is 6.44. The first kappa shape index (κ1) is 16.5. The number of carboxylic acid groups (broad SMARTS) is 1. The molecule has 1 amide bonds. The predicted molar refractivity (Wildman–Crippen MR) is 86.1 cm³/mol. The number of nitrogens with zero attached hydrogens (tertiary/aromatic N) is 2. The Bertz CT molecular complexity index is 684. The van der Waals surface area contributed by atoms with E-state index in [1.54, 1.807) is 17.5 Å². The van der Waals surface area contributed by atoms with Crippen LogP contribution in [0.1, 0.15) is 12.6 Å². The second-order valence-corrected chi connectivity index (χ2v) is 6.14. The summed E-state index contributed by atoms with van der Waals surface area (Å²) in [6.45, 7) is 1.47. The lowest BCUT2D eigenvalue weighted by atomic mass is 10.2. The molecule has 5 nitrogen and oxygen atoms in total. The highest BCUT2D eigenvalue weighted by molar-refractivity contribution is 7.13. The maximum Gasteiger partial charge on any atom is 0.326 e. The molecular weight excluding hydrogens is 324 g/mol. The molecule has 0 saturated carbocycles. The number of carbonyl (C=O) groups excluding carboxylic acids is 1. The number of carboxylic acids is 1. The van der Waals surface area contributed by atoms with Crippen LogP contribution in [0, 0.1) is 0 Å². The minimum Gasteiger partial charge on any atom is -0.480 e. The number of halogens is 1. The molecule has 1 aromatic heterocycles. The van der Waals surface area contributed by atoms with Crippen LogP contribution in [0.3, 0.4) is 0 Å². The zero-order chi connectivity index (χ0) is 16.3. The number of benzene rings is 1. The molecule has 2 aromatic rings. The highest BCUT2D eigenvalue weighted by Gasteiger charge is 2.22. The van der Waals surface area contributed by atoms with Crippen molar-refractivity contribution in [2.75, 3.05) is 7.05 Å². The summed E-state index contributed by atoms with van der Waals surface area (Å²) in [4.78, 5) is 28.6. The van der Waals surface area contributed by atoms with Crippen LogP contribution >= 0.6 is 22.9 Å². The summed E-state index contributed by atoms with van der Waals surface area (Å²) >= 11 is 7.28. The van der Waals surface area contributed by atoms with Crippen LogP contribution in [-0.2, 0) is 16.0 Å². The molecule has 0 saturated heterocycles. The van der Waals surface area contributed by atoms with Gasteiger partial charge in [0.05, 0.1) is 12.1 Å². The van der Waals surface area contributed by atoms with Gasteiger partial charge in [-0.25, -0.2) is 9.78 Å². The Hall–Kier alpha value is -1.92. The van der Waals surface area contributed by atoms with E-state index in [0.29, 0.717) is 10.7 Å². The van der Waals surface area contributed by atoms with Gasteiger partial charge in [0.25, 0.3) is 0 Å². The van der Waals surface area contributed by atoms with Crippen molar-refractivity contribution < 1.29 is 14.7 Å². The molecule has 1 aromatic carbocycles. The number of thiazole rings is 1. The Morgan fingerprint density at radius 1 is 1.36 bits per heavy atom. The van der Waals surface area contributed by atoms with E-state index in [-0.39, 0.29) is 12.3 Å². The van der Waals surface area contributed by atoms with Gasteiger partial charge in [-0.15, -0.1) is 11.3 Å². The summed E-state index contributed by atoms with van der Waals surface area (Å²) in [7, 11) is 1.48. The normalized spacial score (nSPS) is 12.0. The Morgan fingerprint density at radius 3 is 2.59 bits per heavy atom. The van der Waals surface area contributed by atoms with Gasteiger partial charge in [0.15, 0.2) is 0 Å². The van der Waals surface area contributed by atoms with E-state index in [4.69, 9.17) is 16.7 Å². The first-order chi connectivity index (χ1) is 10.4. The molecule has 0 aliphatic heterocycles. The summed E-state index contributed by atoms with van der Waals surface area (Å²) < 4.78 is 0. The van der Waals surface area contributed by atoms with Crippen molar-refractivity contribution >= 4 is 34.8 Å². The monoisotopic (exact) mass is 338 g/mol. The van der Waals surface area contributed by atoms with E-state index >= 15 is 0 Å². The van der Waals surface area contributed by atoms with Crippen molar-refractivity contribution in [1.82, 2.24) is 9.88 Å². The fourth-order valence-corrected chi connectivity index (χ4v) is 2.73. The van der Waals surface area contributed by atoms with Crippen LogP contribution in [0.15, 0.2) is 29.6 Å². The summed E-state index contributed by atoms with van der Waals surface area (Å²) in [5.74, 6) is -1.31. The highest BCUT2D eigenvalue weighted by atomic mass is 35.5. The zero-order valence-electron chi connectivity index (χ0n) is 12.1. The lowest BCUT2D eigenvalue weighted by Gasteiger charge is -2.20. The zero-order valence-corrected chi connectivity index (χ0v) is 13.7. The van der Waals surface area contributed by atoms with Gasteiger partial charge in [-0.2, -0.15) is 0 Å². The van der Waals surface area contributed by atoms with Crippen LogP contribution in [0.25, 0.3) is 10.6 Å². The van der Waals surface area contributed by atoms with Crippen LogP contribution in [0.5, 0.6) is 0 Å². The molecule has 1 unspecified atom stereocenters. The van der Waals surface area contributed by atoms with E-state index in [2.05, 4.69) is 4.98 Å². The van der Waals surface area contributed by atoms with Gasteiger partial charge in [-0.05, 0) is 19.1 Å². The molecule has 1 N–H and O–H groups in total. The van der Waals surface area contributed by atoms with Gasteiger partial charge in [-0.1, -0.05) is 23.7 Å². The van der Waals surface area contributed by atoms with E-state index < -0.39 is 12.0 Å². The molecule has 0 bridgehead atoms. The van der Waals surface area contributed by atoms with Gasteiger partial charge in [0.1, 0.15) is 11.0 Å². The van der Waals surface area contributed by atoms with Crippen molar-refractivity contribution in [3.05, 3.63) is 40.4 Å². The van der Waals surface area contributed by atoms with Gasteiger partial charge in [0.2, 0.25) is 5.91 Å². The number of hydrogen-bond acceptors (Lipinski definition) is 4. The van der Waals surface area contributed by atoms with Gasteiger partial charge in [-0.3, -0.25) is 4.79 Å². The van der Waals surface area contributed by atoms with Crippen LogP contribution in [0.2, 0.25) is 5.02 Å². The third kappa shape index (κ3) is 3.84. The second-order valence-electron chi connectivity index (χ2n) is 4.85. The molecule has 22 heavy (non-hydrogen) atoms. The molecule has 0 radical (unpaired) electrons. The lowest BCUT2D eigenvalue weighted by molar-refractivity contribution is -0.148. The second kappa shape index (κ2) is 6.89. The average Bonchev–Trinajstić information content (AvgIpc) is 2.94. The number of carbonyl (C=O) groups is 2. The maximum atomic E-state index is 12.1. The molecule has 7 heteroatoms. The van der Waals surface area contributed by atoms with Crippen molar-refractivity contribution in [1.29, 1.82) is 0 Å². The Labute approximate surface area is 137 Å². The van der Waals surface area contributed by atoms with E-state index in [0.717, 1.165) is 10.6 Å². The number of aromatic nitrogens is 1. The van der Waals surface area contributed by atoms with E-state index in [9.17, 15) is 9.59 Å². The molecule has 0 aliphatic carbocycles. The standard InChI is InChI=1S/C15H15ClN2O3S/c1-9(15(20)21)18(2)13(19)7-12-8-22-14(17-12)10-3-5-11(16)6-4-10/h3-6,8-9H,7H2,1-2H3,(H,20,21). The molecule has 1 heterocycles. The number of hydrogen-bond donors (Lipinski definition) is 1. The quantitative estimate of drug-likeness (QED) is 0.910. The first-order valence-electron chi connectivity index (χ1n) is 6.57. The number of likely N-dealkylation sites (N-methyl/N-ethyl adjacent to an activating group) is 1. The Kier molecular flexibility index (Phi) is 5.15. The smallest absolute Gasteiger partial charge is 0.326 e. The fourth-order valence-electron chi connectivity index (χ4n) is 1.77. The van der Waals surface area contributed by atoms with Crippen molar-refractivity contribution in [2.24, 2.45) is 0 Å². The van der Waals surface area contributed by atoms with Gasteiger partial charge >= 0.3 is 5.97 Å². The van der Waals surface area contributed by atoms with Crippen molar-refractivity contribution in [3.63, 3.8) is 0 Å². The third-order valence-electron chi connectivity index (χ3n) is 3.31. The van der Waals surface area contributed by atoms with Crippen molar-refractivity contribution in [3.8, 4) is 10.6 Å². The predicted octanol–water partition coefficient (Wildman–Crippen LogP) is 2.94. The number of rotatable bonds is 5. The maximum absolute atomic E-state index is 12.1. The van der Waals surface area contributed by atoms with E-state index in [1.807, 2.05) is 12.1 Å². The average molecular weight is 339 g/mol. The van der Waals surface area contributed by atoms with E-state index in [1.165, 1.54) is 30.2 Å². The number of amides is 1. The summed E-state index contributed by atoms with van der Waals surface area (Å²) in [5, 5.41) is 12.2. The summed E-state index contributed by atoms with van der Waals surface area (Å²) in [5.41, 5.74) is 1.56. The molecule has 0 fully saturated rings. The first-order valence-corrected chi connectivity index (χ1v) is 7.83. The molecular formula is C15H15ClN2O3S. The Morgan fingerprint density at radius 2 is 2.00 bits per heavy atom. The Balaban J connectivity index is 2.07. The fraction of sp³-hybridized carbons (Fsp3) is 0.267. The number of aliphatic carboxylic acids is 1. The highest BCUT2D eigenvalue weighted by Crippen LogP contribution is 2.25. The van der Waals surface area contributed by atoms with Crippen molar-refractivity contribution in [2.45, 2.75) is 19.4 Å². The molecule has 0 aliphatic rings. The molecule has 0 spiro atoms. The van der Waals surface area contributed by atoms with Gasteiger partial charge < -0.3 is 10.0 Å². The minimum atomic E-state index is -1.03. The van der Waals surface area contributed by atoms with Crippen LogP contribution < -0.4 is 0 Å². The molecule has 1 atom stereocenters. The van der Waals surface area contributed by atoms with Crippen LogP contribution in [-0.4, -0.2) is 40.0 Å². The topological polar surface area (TPSA) is 70.5 Å².